The summed E-state index contributed by atoms with van der Waals surface area (Å²) in [5, 5.41) is 3.54. The van der Waals surface area contributed by atoms with Crippen LogP contribution in [-0.4, -0.2) is 24.0 Å². The number of carbonyl (C=O) groups is 2. The van der Waals surface area contributed by atoms with E-state index in [1.54, 1.807) is 36.4 Å². The largest absolute Gasteiger partial charge is 0.465 e. The predicted molar refractivity (Wildman–Crippen MR) is 116 cm³/mol. The molecule has 7 heteroatoms. The number of aromatic nitrogens is 1. The van der Waals surface area contributed by atoms with Crippen molar-refractivity contribution in [1.82, 2.24) is 4.98 Å². The number of thiophene rings is 1. The Hall–Kier alpha value is -3.22. The fraction of sp³-hybridized carbons (Fsp3) is 0.0455. The predicted octanol–water partition coefficient (Wildman–Crippen LogP) is 5.66. The number of anilines is 1. The van der Waals surface area contributed by atoms with Crippen molar-refractivity contribution in [2.75, 3.05) is 12.4 Å². The van der Waals surface area contributed by atoms with E-state index in [9.17, 15) is 9.59 Å². The number of rotatable bonds is 4. The highest BCUT2D eigenvalue weighted by Crippen LogP contribution is 2.32. The van der Waals surface area contributed by atoms with Gasteiger partial charge >= 0.3 is 5.97 Å². The first kappa shape index (κ1) is 19.1. The SMILES string of the molecule is COC(=O)c1ccccc1NC(=O)c1cc(-c2ccc(Cl)s2)nc2ccccc12. The molecule has 5 nitrogen and oxygen atoms in total. The summed E-state index contributed by atoms with van der Waals surface area (Å²) in [6.45, 7) is 0. The summed E-state index contributed by atoms with van der Waals surface area (Å²) in [7, 11) is 1.30. The van der Waals surface area contributed by atoms with Crippen LogP contribution >= 0.6 is 22.9 Å². The third-order valence-corrected chi connectivity index (χ3v) is 5.62. The topological polar surface area (TPSA) is 68.3 Å². The van der Waals surface area contributed by atoms with E-state index in [1.165, 1.54) is 18.4 Å². The number of halogens is 1. The molecule has 0 fully saturated rings. The monoisotopic (exact) mass is 422 g/mol. The van der Waals surface area contributed by atoms with Gasteiger partial charge in [-0.25, -0.2) is 9.78 Å². The summed E-state index contributed by atoms with van der Waals surface area (Å²) in [5.41, 5.74) is 2.47. The van der Waals surface area contributed by atoms with E-state index in [0.717, 1.165) is 4.88 Å². The molecule has 2 aromatic carbocycles. The summed E-state index contributed by atoms with van der Waals surface area (Å²) < 4.78 is 5.45. The van der Waals surface area contributed by atoms with Crippen molar-refractivity contribution in [3.05, 3.63) is 82.2 Å². The van der Waals surface area contributed by atoms with Crippen molar-refractivity contribution >= 4 is 51.4 Å². The molecule has 29 heavy (non-hydrogen) atoms. The van der Waals surface area contributed by atoms with Crippen molar-refractivity contribution < 1.29 is 14.3 Å². The third-order valence-electron chi connectivity index (χ3n) is 4.37. The maximum absolute atomic E-state index is 13.2. The van der Waals surface area contributed by atoms with Crippen molar-refractivity contribution in [3.63, 3.8) is 0 Å². The molecule has 1 amide bonds. The fourth-order valence-corrected chi connectivity index (χ4v) is 4.01. The van der Waals surface area contributed by atoms with E-state index < -0.39 is 5.97 Å². The quantitative estimate of drug-likeness (QED) is 0.431. The molecule has 144 valence electrons. The van der Waals surface area contributed by atoms with Crippen LogP contribution in [0.2, 0.25) is 4.34 Å². The van der Waals surface area contributed by atoms with Gasteiger partial charge in [0.05, 0.1) is 44.3 Å². The normalized spacial score (nSPS) is 10.7. The van der Waals surface area contributed by atoms with Crippen molar-refractivity contribution in [1.29, 1.82) is 0 Å². The molecule has 0 unspecified atom stereocenters. The lowest BCUT2D eigenvalue weighted by atomic mass is 10.1. The van der Waals surface area contributed by atoms with Gasteiger partial charge in [0.15, 0.2) is 0 Å². The number of carbonyl (C=O) groups excluding carboxylic acids is 2. The zero-order valence-electron chi connectivity index (χ0n) is 15.3. The van der Waals surface area contributed by atoms with Gasteiger partial charge in [0.25, 0.3) is 5.91 Å². The summed E-state index contributed by atoms with van der Waals surface area (Å²) in [4.78, 5) is 30.7. The van der Waals surface area contributed by atoms with E-state index in [1.807, 2.05) is 30.3 Å². The second-order valence-corrected chi connectivity index (χ2v) is 7.88. The molecule has 0 bridgehead atoms. The summed E-state index contributed by atoms with van der Waals surface area (Å²) in [6.07, 6.45) is 0. The number of pyridine rings is 1. The number of esters is 1. The number of ether oxygens (including phenoxy) is 1. The van der Waals surface area contributed by atoms with Crippen LogP contribution in [0.5, 0.6) is 0 Å². The van der Waals surface area contributed by atoms with Gasteiger partial charge in [-0.3, -0.25) is 4.79 Å². The Kier molecular flexibility index (Phi) is 5.29. The third kappa shape index (κ3) is 3.85. The number of nitrogens with one attached hydrogen (secondary N) is 1. The van der Waals surface area contributed by atoms with Crippen LogP contribution in [0.15, 0.2) is 66.7 Å². The van der Waals surface area contributed by atoms with Crippen LogP contribution in [0.1, 0.15) is 20.7 Å². The number of hydrogen-bond donors (Lipinski definition) is 1. The van der Waals surface area contributed by atoms with E-state index in [4.69, 9.17) is 16.3 Å². The number of para-hydroxylation sites is 2. The summed E-state index contributed by atoms with van der Waals surface area (Å²) >= 11 is 7.46. The summed E-state index contributed by atoms with van der Waals surface area (Å²) in [5.74, 6) is -0.863. The zero-order valence-corrected chi connectivity index (χ0v) is 16.9. The molecule has 2 heterocycles. The smallest absolute Gasteiger partial charge is 0.339 e. The Morgan fingerprint density at radius 3 is 2.52 bits per heavy atom. The molecule has 0 aliphatic carbocycles. The number of hydrogen-bond acceptors (Lipinski definition) is 5. The lowest BCUT2D eigenvalue weighted by Gasteiger charge is -2.12. The van der Waals surface area contributed by atoms with Gasteiger partial charge in [0.1, 0.15) is 0 Å². The van der Waals surface area contributed by atoms with Crippen molar-refractivity contribution in [3.8, 4) is 10.6 Å². The number of nitrogens with zero attached hydrogens (tertiary/aromatic N) is 1. The zero-order chi connectivity index (χ0) is 20.4. The van der Waals surface area contributed by atoms with Crippen LogP contribution in [0.4, 0.5) is 5.69 Å². The van der Waals surface area contributed by atoms with E-state index in [-0.39, 0.29) is 11.5 Å². The lowest BCUT2D eigenvalue weighted by Crippen LogP contribution is -2.16. The maximum Gasteiger partial charge on any atom is 0.339 e. The molecule has 0 aliphatic heterocycles. The van der Waals surface area contributed by atoms with E-state index in [0.29, 0.717) is 32.2 Å². The van der Waals surface area contributed by atoms with Crippen LogP contribution in [0.25, 0.3) is 21.5 Å². The summed E-state index contributed by atoms with van der Waals surface area (Å²) in [6, 6.07) is 19.5. The van der Waals surface area contributed by atoms with Crippen LogP contribution in [-0.2, 0) is 4.74 Å². The molecular weight excluding hydrogens is 408 g/mol. The van der Waals surface area contributed by atoms with Gasteiger partial charge in [-0.05, 0) is 36.4 Å². The standard InChI is InChI=1S/C22H15ClN2O3S/c1-28-22(27)14-7-3-5-9-17(14)25-21(26)15-12-18(19-10-11-20(23)29-19)24-16-8-4-2-6-13(15)16/h2-12H,1H3,(H,25,26). The first-order chi connectivity index (χ1) is 14.1. The lowest BCUT2D eigenvalue weighted by molar-refractivity contribution is 0.0602. The van der Waals surface area contributed by atoms with Crippen molar-refractivity contribution in [2.24, 2.45) is 0 Å². The number of benzene rings is 2. The minimum Gasteiger partial charge on any atom is -0.465 e. The van der Waals surface area contributed by atoms with Crippen LogP contribution in [0, 0.1) is 0 Å². The van der Waals surface area contributed by atoms with Gasteiger partial charge in [-0.2, -0.15) is 0 Å². The molecule has 2 aromatic heterocycles. The van der Waals surface area contributed by atoms with Gasteiger partial charge in [-0.15, -0.1) is 11.3 Å². The second-order valence-electron chi connectivity index (χ2n) is 6.17. The molecule has 0 saturated heterocycles. The van der Waals surface area contributed by atoms with E-state index in [2.05, 4.69) is 10.3 Å². The molecule has 4 rings (SSSR count). The minimum absolute atomic E-state index is 0.284. The molecule has 0 radical (unpaired) electrons. The molecule has 0 spiro atoms. The Morgan fingerprint density at radius 2 is 1.76 bits per heavy atom. The fourth-order valence-electron chi connectivity index (χ4n) is 3.01. The highest BCUT2D eigenvalue weighted by molar-refractivity contribution is 7.19. The average molecular weight is 423 g/mol. The van der Waals surface area contributed by atoms with Crippen LogP contribution in [0.3, 0.4) is 0 Å². The Labute approximate surface area is 175 Å². The van der Waals surface area contributed by atoms with Gasteiger partial charge in [0.2, 0.25) is 0 Å². The first-order valence-electron chi connectivity index (χ1n) is 8.71. The maximum atomic E-state index is 13.2. The van der Waals surface area contributed by atoms with Crippen LogP contribution < -0.4 is 5.32 Å². The van der Waals surface area contributed by atoms with E-state index >= 15 is 0 Å². The number of methoxy groups -OCH3 is 1. The Morgan fingerprint density at radius 1 is 1.00 bits per heavy atom. The number of fused-ring (bicyclic) bond motifs is 1. The molecule has 4 aromatic rings. The molecular formula is C22H15ClN2O3S. The first-order valence-corrected chi connectivity index (χ1v) is 9.90. The minimum atomic E-state index is -0.519. The molecule has 1 N–H and O–H groups in total. The van der Waals surface area contributed by atoms with Gasteiger partial charge < -0.3 is 10.1 Å². The second kappa shape index (κ2) is 8.03. The van der Waals surface area contributed by atoms with Gasteiger partial charge in [-0.1, -0.05) is 41.9 Å². The number of amides is 1. The average Bonchev–Trinajstić information content (AvgIpc) is 3.19. The highest BCUT2D eigenvalue weighted by Gasteiger charge is 2.18. The highest BCUT2D eigenvalue weighted by atomic mass is 35.5. The Bertz CT molecular complexity index is 1240. The van der Waals surface area contributed by atoms with Gasteiger partial charge in [0, 0.05) is 5.39 Å². The molecule has 0 atom stereocenters. The molecule has 0 saturated carbocycles. The Balaban J connectivity index is 1.79. The van der Waals surface area contributed by atoms with Crippen molar-refractivity contribution in [2.45, 2.75) is 0 Å². The molecule has 0 aliphatic rings.